The molecule has 0 fully saturated rings. The second-order valence-corrected chi connectivity index (χ2v) is 15.8. The Kier molecular flexibility index (Phi) is 7.93. The Morgan fingerprint density at radius 1 is 0.286 bits per heavy atom. The minimum absolute atomic E-state index is 0.530. The fourth-order valence-electron chi connectivity index (χ4n) is 9.94. The Morgan fingerprint density at radius 3 is 1.13 bits per heavy atom. The predicted octanol–water partition coefficient (Wildman–Crippen LogP) is 13.9. The molecule has 0 saturated carbocycles. The van der Waals surface area contributed by atoms with E-state index in [9.17, 15) is 15.8 Å². The highest BCUT2D eigenvalue weighted by Crippen LogP contribution is 2.51. The number of rotatable bonds is 5. The predicted molar refractivity (Wildman–Crippen MR) is 254 cm³/mol. The highest BCUT2D eigenvalue weighted by Gasteiger charge is 2.30. The van der Waals surface area contributed by atoms with Gasteiger partial charge in [-0.25, -0.2) is 0 Å². The van der Waals surface area contributed by atoms with Crippen LogP contribution in [0.1, 0.15) is 16.7 Å². The van der Waals surface area contributed by atoms with Crippen molar-refractivity contribution in [1.82, 2.24) is 13.7 Å². The molecule has 0 unspecified atom stereocenters. The monoisotopic (exact) mass is 800 g/mol. The van der Waals surface area contributed by atoms with Crippen molar-refractivity contribution in [3.63, 3.8) is 0 Å². The van der Waals surface area contributed by atoms with E-state index in [0.29, 0.717) is 16.7 Å². The lowest BCUT2D eigenvalue weighted by Crippen LogP contribution is -2.01. The Bertz CT molecular complexity index is 3920. The lowest BCUT2D eigenvalue weighted by atomic mass is 9.97. The van der Waals surface area contributed by atoms with E-state index in [0.717, 1.165) is 105 Å². The molecule has 12 aromatic rings. The Hall–Kier alpha value is -9.15. The first-order chi connectivity index (χ1) is 31.2. The molecular formula is C57H32N6. The average Bonchev–Trinajstić information content (AvgIpc) is 4.00. The molecule has 6 nitrogen and oxygen atoms in total. The molecule has 0 aliphatic rings. The molecule has 0 radical (unpaired) electrons. The maximum atomic E-state index is 11.1. The molecule has 0 aliphatic carbocycles. The highest BCUT2D eigenvalue weighted by molar-refractivity contribution is 6.40. The number of nitrogens with zero attached hydrogens (tertiary/aromatic N) is 6. The zero-order valence-electron chi connectivity index (χ0n) is 33.7. The third-order valence-electron chi connectivity index (χ3n) is 12.5. The summed E-state index contributed by atoms with van der Waals surface area (Å²) in [6.45, 7) is 0. The van der Waals surface area contributed by atoms with Gasteiger partial charge in [0.25, 0.3) is 0 Å². The smallest absolute Gasteiger partial charge is 0.101 e. The number of aromatic nitrogens is 3. The zero-order chi connectivity index (χ0) is 42.2. The standard InChI is InChI=1S/C57H32N6/c58-33-40-17-4-9-24-46(40)61-49-26-11-6-21-43(49)52-55-53(44-22-7-12-27-50(44)62(55)47-25-10-5-18-41(47)34-59)57-54(56(52)61)45-23-8-13-28-51(45)63(57)48-30-29-39(32-42(48)35-60)38-20-14-19-37(31-38)36-15-2-1-3-16-36/h1-32H. The molecule has 3 aromatic heterocycles. The number of nitriles is 3. The first-order valence-corrected chi connectivity index (χ1v) is 20.8. The average molecular weight is 801 g/mol. The topological polar surface area (TPSA) is 86.2 Å². The first-order valence-electron chi connectivity index (χ1n) is 20.8. The second kappa shape index (κ2) is 14.0. The van der Waals surface area contributed by atoms with Crippen LogP contribution in [0, 0.1) is 34.0 Å². The fraction of sp³-hybridized carbons (Fsp3) is 0. The molecule has 0 amide bonds. The van der Waals surface area contributed by atoms with Crippen LogP contribution in [0.3, 0.4) is 0 Å². The fourth-order valence-corrected chi connectivity index (χ4v) is 9.94. The van der Waals surface area contributed by atoms with Gasteiger partial charge in [-0.05, 0) is 82.9 Å². The van der Waals surface area contributed by atoms with Crippen LogP contribution < -0.4 is 0 Å². The number of para-hydroxylation sites is 5. The van der Waals surface area contributed by atoms with Gasteiger partial charge in [0.1, 0.15) is 18.2 Å². The van der Waals surface area contributed by atoms with Crippen LogP contribution in [-0.2, 0) is 0 Å². The molecule has 0 saturated heterocycles. The Morgan fingerprint density at radius 2 is 0.651 bits per heavy atom. The van der Waals surface area contributed by atoms with Gasteiger partial charge < -0.3 is 13.7 Å². The normalized spacial score (nSPS) is 11.4. The van der Waals surface area contributed by atoms with Crippen molar-refractivity contribution in [3.8, 4) is 57.5 Å². The van der Waals surface area contributed by atoms with Gasteiger partial charge in [-0.2, -0.15) is 15.8 Å². The first kappa shape index (κ1) is 35.8. The van der Waals surface area contributed by atoms with E-state index < -0.39 is 0 Å². The van der Waals surface area contributed by atoms with Gasteiger partial charge in [-0.3, -0.25) is 0 Å². The van der Waals surface area contributed by atoms with E-state index >= 15 is 0 Å². The molecular weight excluding hydrogens is 769 g/mol. The quantitative estimate of drug-likeness (QED) is 0.174. The minimum Gasteiger partial charge on any atom is -0.307 e. The van der Waals surface area contributed by atoms with Crippen LogP contribution in [0.5, 0.6) is 0 Å². The van der Waals surface area contributed by atoms with Gasteiger partial charge in [0.2, 0.25) is 0 Å². The summed E-state index contributed by atoms with van der Waals surface area (Å²) in [5, 5.41) is 38.4. The van der Waals surface area contributed by atoms with Crippen LogP contribution in [0.15, 0.2) is 194 Å². The summed E-state index contributed by atoms with van der Waals surface area (Å²) in [4.78, 5) is 0. The summed E-state index contributed by atoms with van der Waals surface area (Å²) in [7, 11) is 0. The molecule has 0 N–H and O–H groups in total. The van der Waals surface area contributed by atoms with Crippen LogP contribution in [0.2, 0.25) is 0 Å². The lowest BCUT2D eigenvalue weighted by Gasteiger charge is -2.15. The summed E-state index contributed by atoms with van der Waals surface area (Å²) < 4.78 is 6.75. The molecule has 63 heavy (non-hydrogen) atoms. The van der Waals surface area contributed by atoms with Crippen LogP contribution in [0.4, 0.5) is 0 Å². The number of benzene rings is 9. The lowest BCUT2D eigenvalue weighted by molar-refractivity contribution is 1.16. The summed E-state index contributed by atoms with van der Waals surface area (Å²) in [5.41, 5.74) is 13.7. The largest absolute Gasteiger partial charge is 0.307 e. The van der Waals surface area contributed by atoms with Crippen LogP contribution in [0.25, 0.3) is 105 Å². The van der Waals surface area contributed by atoms with E-state index in [1.807, 2.05) is 84.9 Å². The Balaban J connectivity index is 1.30. The van der Waals surface area contributed by atoms with Crippen molar-refractivity contribution < 1.29 is 0 Å². The second-order valence-electron chi connectivity index (χ2n) is 15.8. The molecule has 9 aromatic carbocycles. The van der Waals surface area contributed by atoms with E-state index in [1.165, 1.54) is 0 Å². The van der Waals surface area contributed by atoms with Crippen molar-refractivity contribution in [2.45, 2.75) is 0 Å². The number of hydrogen-bond donors (Lipinski definition) is 0. The molecule has 0 atom stereocenters. The zero-order valence-corrected chi connectivity index (χ0v) is 33.7. The third-order valence-corrected chi connectivity index (χ3v) is 12.5. The van der Waals surface area contributed by atoms with Crippen LogP contribution >= 0.6 is 0 Å². The molecule has 290 valence electrons. The molecule has 12 rings (SSSR count). The maximum absolute atomic E-state index is 11.1. The molecule has 6 heteroatoms. The summed E-state index contributed by atoms with van der Waals surface area (Å²) in [6.07, 6.45) is 0. The van der Waals surface area contributed by atoms with Gasteiger partial charge >= 0.3 is 0 Å². The van der Waals surface area contributed by atoms with Gasteiger partial charge in [-0.15, -0.1) is 0 Å². The molecule has 0 spiro atoms. The summed E-state index contributed by atoms with van der Waals surface area (Å²) in [6, 6.07) is 73.3. The van der Waals surface area contributed by atoms with E-state index in [4.69, 9.17) is 0 Å². The van der Waals surface area contributed by atoms with Crippen molar-refractivity contribution >= 4 is 65.4 Å². The highest BCUT2D eigenvalue weighted by atomic mass is 15.1. The van der Waals surface area contributed by atoms with Crippen molar-refractivity contribution in [2.24, 2.45) is 0 Å². The summed E-state index contributed by atoms with van der Waals surface area (Å²) in [5.74, 6) is 0. The van der Waals surface area contributed by atoms with Gasteiger partial charge in [-0.1, -0.05) is 133 Å². The maximum Gasteiger partial charge on any atom is 0.101 e. The van der Waals surface area contributed by atoms with Gasteiger partial charge in [0.15, 0.2) is 0 Å². The summed E-state index contributed by atoms with van der Waals surface area (Å²) >= 11 is 0. The SMILES string of the molecule is N#Cc1ccccc1-n1c2ccccc2c2c1c1c3ccccc3n(-c3ccc(-c4cccc(-c5ccccc5)c4)cc3C#N)c1c1c3ccccc3n(-c3ccccc3C#N)c21. The van der Waals surface area contributed by atoms with Crippen LogP contribution in [-0.4, -0.2) is 13.7 Å². The Labute approximate surface area is 361 Å². The minimum atomic E-state index is 0.530. The number of hydrogen-bond acceptors (Lipinski definition) is 3. The molecule has 0 aliphatic heterocycles. The van der Waals surface area contributed by atoms with E-state index in [2.05, 4.69) is 141 Å². The van der Waals surface area contributed by atoms with E-state index in [-0.39, 0.29) is 0 Å². The third kappa shape index (κ3) is 5.15. The molecule has 0 bridgehead atoms. The molecule has 3 heterocycles. The van der Waals surface area contributed by atoms with Crippen molar-refractivity contribution in [1.29, 1.82) is 15.8 Å². The van der Waals surface area contributed by atoms with Crippen molar-refractivity contribution in [3.05, 3.63) is 211 Å². The number of fused-ring (bicyclic) bond motifs is 12. The van der Waals surface area contributed by atoms with Gasteiger partial charge in [0.05, 0.1) is 66.9 Å². The van der Waals surface area contributed by atoms with E-state index in [1.54, 1.807) is 0 Å². The van der Waals surface area contributed by atoms with Crippen molar-refractivity contribution in [2.75, 3.05) is 0 Å². The van der Waals surface area contributed by atoms with Gasteiger partial charge in [0, 0.05) is 32.3 Å².